The molecular formula is C20H24F2N4O4S. The number of ether oxygens (including phenoxy) is 1. The Bertz CT molecular complexity index is 1040. The number of amides is 1. The first-order chi connectivity index (χ1) is 14.6. The molecular weight excluding hydrogens is 430 g/mol. The molecule has 11 heteroatoms. The maximum absolute atomic E-state index is 13.5. The van der Waals surface area contributed by atoms with Gasteiger partial charge in [-0.25, -0.2) is 17.2 Å². The summed E-state index contributed by atoms with van der Waals surface area (Å²) in [5, 5.41) is 1.57. The highest BCUT2D eigenvalue weighted by molar-refractivity contribution is 7.93. The average molecular weight is 454 g/mol. The van der Waals surface area contributed by atoms with Crippen LogP contribution in [0.1, 0.15) is 13.8 Å². The van der Waals surface area contributed by atoms with Crippen molar-refractivity contribution < 1.29 is 26.7 Å². The van der Waals surface area contributed by atoms with Crippen molar-refractivity contribution in [1.29, 1.82) is 0 Å². The van der Waals surface area contributed by atoms with Crippen LogP contribution < -0.4 is 25.2 Å². The highest BCUT2D eigenvalue weighted by Crippen LogP contribution is 2.27. The summed E-state index contributed by atoms with van der Waals surface area (Å²) >= 11 is 0. The molecule has 2 aromatic rings. The second kappa shape index (κ2) is 9.16. The van der Waals surface area contributed by atoms with Gasteiger partial charge in [0.15, 0.2) is 11.6 Å². The molecule has 1 amide bonds. The first-order valence-corrected chi connectivity index (χ1v) is 11.1. The van der Waals surface area contributed by atoms with Gasteiger partial charge in [-0.15, -0.1) is 0 Å². The van der Waals surface area contributed by atoms with E-state index in [1.54, 1.807) is 26.0 Å². The number of halogens is 2. The lowest BCUT2D eigenvalue weighted by molar-refractivity contribution is -0.114. The molecule has 0 aliphatic carbocycles. The van der Waals surface area contributed by atoms with Crippen molar-refractivity contribution in [3.8, 4) is 5.75 Å². The third-order valence-electron chi connectivity index (χ3n) is 5.03. The molecule has 1 heterocycles. The van der Waals surface area contributed by atoms with E-state index in [4.69, 9.17) is 4.74 Å². The van der Waals surface area contributed by atoms with Crippen molar-refractivity contribution in [2.24, 2.45) is 0 Å². The summed E-state index contributed by atoms with van der Waals surface area (Å²) in [6, 6.07) is 8.32. The highest BCUT2D eigenvalue weighted by Gasteiger charge is 2.44. The van der Waals surface area contributed by atoms with Gasteiger partial charge in [0.2, 0.25) is 15.9 Å². The number of benzene rings is 2. The van der Waals surface area contributed by atoms with Crippen molar-refractivity contribution in [1.82, 2.24) is 10.9 Å². The Morgan fingerprint density at radius 1 is 1.06 bits per heavy atom. The largest absolute Gasteiger partial charge is 0.497 e. The van der Waals surface area contributed by atoms with E-state index in [1.165, 1.54) is 25.3 Å². The van der Waals surface area contributed by atoms with E-state index in [0.717, 1.165) is 16.4 Å². The molecule has 0 saturated carbocycles. The second-order valence-corrected chi connectivity index (χ2v) is 9.27. The van der Waals surface area contributed by atoms with Gasteiger partial charge in [0.05, 0.1) is 12.8 Å². The molecule has 168 valence electrons. The summed E-state index contributed by atoms with van der Waals surface area (Å²) in [6.45, 7) is 2.90. The number of anilines is 2. The number of methoxy groups -OCH3 is 1. The minimum absolute atomic E-state index is 0.0157. The standard InChI is InChI=1S/C20H24F2N4O4S/c1-12-20(13(2)25-24-12)31(28,29)26(15-5-7-16(30-3)8-6-15)11-19(27)23-14-4-9-17(21)18(22)10-14/h4-10,12-13,20,24-25H,11H2,1-3H3,(H,23,27). The summed E-state index contributed by atoms with van der Waals surface area (Å²) in [4.78, 5) is 12.7. The molecule has 8 nitrogen and oxygen atoms in total. The number of nitrogens with zero attached hydrogens (tertiary/aromatic N) is 1. The Kier molecular flexibility index (Phi) is 6.77. The van der Waals surface area contributed by atoms with Crippen molar-refractivity contribution in [3.05, 3.63) is 54.1 Å². The molecule has 2 aromatic carbocycles. The van der Waals surface area contributed by atoms with E-state index in [2.05, 4.69) is 16.2 Å². The molecule has 1 aliphatic heterocycles. The van der Waals surface area contributed by atoms with Crippen LogP contribution in [-0.4, -0.2) is 45.3 Å². The number of hydrogen-bond acceptors (Lipinski definition) is 6. The Hall–Kier alpha value is -2.76. The Morgan fingerprint density at radius 2 is 1.68 bits per heavy atom. The summed E-state index contributed by atoms with van der Waals surface area (Å²) in [5.41, 5.74) is 6.09. The first-order valence-electron chi connectivity index (χ1n) is 9.55. The third kappa shape index (κ3) is 4.94. The Balaban J connectivity index is 1.91. The summed E-state index contributed by atoms with van der Waals surface area (Å²) in [5.74, 6) is -2.35. The predicted molar refractivity (Wildman–Crippen MR) is 113 cm³/mol. The summed E-state index contributed by atoms with van der Waals surface area (Å²) in [7, 11) is -2.52. The van der Waals surface area contributed by atoms with Gasteiger partial charge >= 0.3 is 0 Å². The minimum Gasteiger partial charge on any atom is -0.497 e. The monoisotopic (exact) mass is 454 g/mol. The maximum atomic E-state index is 13.5. The first kappa shape index (κ1) is 22.9. The third-order valence-corrected chi connectivity index (χ3v) is 7.49. The van der Waals surface area contributed by atoms with Crippen LogP contribution in [0.15, 0.2) is 42.5 Å². The van der Waals surface area contributed by atoms with Crippen molar-refractivity contribution in [2.45, 2.75) is 31.2 Å². The molecule has 2 atom stereocenters. The molecule has 1 saturated heterocycles. The molecule has 0 bridgehead atoms. The highest BCUT2D eigenvalue weighted by atomic mass is 32.2. The van der Waals surface area contributed by atoms with Crippen molar-refractivity contribution >= 4 is 27.3 Å². The van der Waals surface area contributed by atoms with Crippen molar-refractivity contribution in [3.63, 3.8) is 0 Å². The average Bonchev–Trinajstić information content (AvgIpc) is 3.08. The topological polar surface area (TPSA) is 99.8 Å². The smallest absolute Gasteiger partial charge is 0.245 e. The zero-order valence-electron chi connectivity index (χ0n) is 17.2. The van der Waals surface area contributed by atoms with Crippen LogP contribution in [0.25, 0.3) is 0 Å². The number of carbonyl (C=O) groups excluding carboxylic acids is 1. The predicted octanol–water partition coefficient (Wildman–Crippen LogP) is 2.00. The lowest BCUT2D eigenvalue weighted by Crippen LogP contribution is -2.49. The Labute approximate surface area is 179 Å². The van der Waals surface area contributed by atoms with Crippen LogP contribution in [0.2, 0.25) is 0 Å². The molecule has 3 rings (SSSR count). The zero-order valence-corrected chi connectivity index (χ0v) is 18.0. The van der Waals surface area contributed by atoms with Gasteiger partial charge in [-0.2, -0.15) is 0 Å². The van der Waals surface area contributed by atoms with Crippen LogP contribution >= 0.6 is 0 Å². The van der Waals surface area contributed by atoms with Crippen LogP contribution in [0.5, 0.6) is 5.75 Å². The van der Waals surface area contributed by atoms with Crippen LogP contribution in [0.3, 0.4) is 0 Å². The summed E-state index contributed by atoms with van der Waals surface area (Å²) in [6.07, 6.45) is 0. The van der Waals surface area contributed by atoms with E-state index in [9.17, 15) is 22.0 Å². The van der Waals surface area contributed by atoms with Gasteiger partial charge in [-0.05, 0) is 50.2 Å². The number of sulfonamides is 1. The van der Waals surface area contributed by atoms with Crippen LogP contribution in [0.4, 0.5) is 20.2 Å². The zero-order chi connectivity index (χ0) is 22.8. The number of rotatable bonds is 7. The van der Waals surface area contributed by atoms with Crippen molar-refractivity contribution in [2.75, 3.05) is 23.3 Å². The lowest BCUT2D eigenvalue weighted by atomic mass is 10.2. The van der Waals surface area contributed by atoms with Crippen LogP contribution in [0, 0.1) is 11.6 Å². The maximum Gasteiger partial charge on any atom is 0.245 e. The molecule has 0 aromatic heterocycles. The van der Waals surface area contributed by atoms with E-state index in [-0.39, 0.29) is 11.4 Å². The fourth-order valence-electron chi connectivity index (χ4n) is 3.50. The number of hydrazine groups is 1. The molecule has 3 N–H and O–H groups in total. The van der Waals surface area contributed by atoms with E-state index >= 15 is 0 Å². The van der Waals surface area contributed by atoms with Crippen LogP contribution in [-0.2, 0) is 14.8 Å². The van der Waals surface area contributed by atoms with E-state index in [0.29, 0.717) is 5.75 Å². The SMILES string of the molecule is COc1ccc(N(CC(=O)Nc2ccc(F)c(F)c2)S(=O)(=O)C2C(C)NNC2C)cc1. The lowest BCUT2D eigenvalue weighted by Gasteiger charge is -2.30. The second-order valence-electron chi connectivity index (χ2n) is 7.26. The molecule has 0 spiro atoms. The molecule has 1 fully saturated rings. The molecule has 31 heavy (non-hydrogen) atoms. The Morgan fingerprint density at radius 3 is 2.23 bits per heavy atom. The molecule has 0 radical (unpaired) electrons. The van der Waals surface area contributed by atoms with Gasteiger partial charge in [0, 0.05) is 23.8 Å². The van der Waals surface area contributed by atoms with E-state index in [1.807, 2.05) is 0 Å². The van der Waals surface area contributed by atoms with Gasteiger partial charge in [0.1, 0.15) is 17.5 Å². The fourth-order valence-corrected chi connectivity index (χ4v) is 5.68. The van der Waals surface area contributed by atoms with Gasteiger partial charge in [-0.3, -0.25) is 20.0 Å². The number of hydrogen-bond donors (Lipinski definition) is 3. The molecule has 1 aliphatic rings. The normalized spacial score (nSPS) is 21.0. The van der Waals surface area contributed by atoms with Gasteiger partial charge in [0.25, 0.3) is 0 Å². The number of carbonyl (C=O) groups is 1. The molecule has 2 unspecified atom stereocenters. The number of nitrogens with one attached hydrogen (secondary N) is 3. The van der Waals surface area contributed by atoms with Gasteiger partial charge < -0.3 is 10.1 Å². The minimum atomic E-state index is -4.00. The summed E-state index contributed by atoms with van der Waals surface area (Å²) < 4.78 is 59.7. The van der Waals surface area contributed by atoms with Gasteiger partial charge in [-0.1, -0.05) is 0 Å². The fraction of sp³-hybridized carbons (Fsp3) is 0.350. The quantitative estimate of drug-likeness (QED) is 0.592. The van der Waals surface area contributed by atoms with E-state index < -0.39 is 51.4 Å².